The molecule has 0 spiro atoms. The highest BCUT2D eigenvalue weighted by molar-refractivity contribution is 5.97. The van der Waals surface area contributed by atoms with Gasteiger partial charge in [0, 0.05) is 39.3 Å². The van der Waals surface area contributed by atoms with Crippen molar-refractivity contribution in [1.29, 1.82) is 0 Å². The van der Waals surface area contributed by atoms with Crippen molar-refractivity contribution in [2.75, 3.05) is 53.5 Å². The van der Waals surface area contributed by atoms with Crippen LogP contribution in [-0.2, 0) is 0 Å². The lowest BCUT2D eigenvalue weighted by atomic mass is 10.1. The van der Waals surface area contributed by atoms with Gasteiger partial charge in [0.15, 0.2) is 11.5 Å². The summed E-state index contributed by atoms with van der Waals surface area (Å²) in [5, 5.41) is 6.24. The number of methoxy groups -OCH3 is 2. The molecule has 6 nitrogen and oxygen atoms in total. The van der Waals surface area contributed by atoms with Crippen LogP contribution in [0.5, 0.6) is 11.5 Å². The summed E-state index contributed by atoms with van der Waals surface area (Å²) in [5.41, 5.74) is 0.497. The van der Waals surface area contributed by atoms with Crippen molar-refractivity contribution in [3.8, 4) is 11.5 Å². The number of nitrogens with zero attached hydrogens (tertiary/aromatic N) is 1. The molecule has 1 aromatic rings. The van der Waals surface area contributed by atoms with Crippen molar-refractivity contribution in [2.45, 2.75) is 0 Å². The molecule has 0 saturated carbocycles. The maximum Gasteiger partial charge on any atom is 0.255 e. The number of amides is 1. The number of piperazine rings is 1. The fraction of sp³-hybridized carbons (Fsp3) is 0.533. The maximum atomic E-state index is 12.3. The molecule has 1 saturated heterocycles. The van der Waals surface area contributed by atoms with Gasteiger partial charge in [0.1, 0.15) is 0 Å². The third-order valence-electron chi connectivity index (χ3n) is 3.57. The van der Waals surface area contributed by atoms with Crippen LogP contribution in [0.25, 0.3) is 0 Å². The second-order valence-electron chi connectivity index (χ2n) is 4.89. The van der Waals surface area contributed by atoms with Gasteiger partial charge in [-0.3, -0.25) is 9.69 Å². The molecule has 2 rings (SSSR count). The van der Waals surface area contributed by atoms with Crippen LogP contribution in [0.4, 0.5) is 0 Å². The first-order valence-corrected chi connectivity index (χ1v) is 7.18. The van der Waals surface area contributed by atoms with E-state index in [0.29, 0.717) is 23.6 Å². The zero-order valence-corrected chi connectivity index (χ0v) is 13.9. The highest BCUT2D eigenvalue weighted by Gasteiger charge is 2.16. The van der Waals surface area contributed by atoms with Crippen LogP contribution in [0.2, 0.25) is 0 Å². The van der Waals surface area contributed by atoms with E-state index in [2.05, 4.69) is 15.5 Å². The molecule has 1 fully saturated rings. The Hall–Kier alpha value is -1.50. The van der Waals surface area contributed by atoms with Crippen molar-refractivity contribution in [2.24, 2.45) is 0 Å². The number of nitrogens with one attached hydrogen (secondary N) is 2. The number of hydrogen-bond acceptors (Lipinski definition) is 5. The van der Waals surface area contributed by atoms with Crippen molar-refractivity contribution in [1.82, 2.24) is 15.5 Å². The Bertz CT molecular complexity index is 479. The summed E-state index contributed by atoms with van der Waals surface area (Å²) < 4.78 is 10.5. The number of ether oxygens (including phenoxy) is 2. The van der Waals surface area contributed by atoms with Crippen LogP contribution in [0, 0.1) is 0 Å². The maximum absolute atomic E-state index is 12.3. The van der Waals surface area contributed by atoms with Crippen LogP contribution in [-0.4, -0.2) is 64.3 Å². The number of para-hydroxylation sites is 1. The molecule has 22 heavy (non-hydrogen) atoms. The molecule has 0 aliphatic carbocycles. The Morgan fingerprint density at radius 3 is 2.64 bits per heavy atom. The Labute approximate surface area is 137 Å². The average Bonchev–Trinajstić information content (AvgIpc) is 2.54. The molecule has 2 N–H and O–H groups in total. The van der Waals surface area contributed by atoms with Gasteiger partial charge in [-0.1, -0.05) is 6.07 Å². The van der Waals surface area contributed by atoms with Crippen LogP contribution in [0.1, 0.15) is 10.4 Å². The number of carbonyl (C=O) groups is 1. The number of benzene rings is 1. The van der Waals surface area contributed by atoms with E-state index in [1.807, 2.05) is 0 Å². The minimum absolute atomic E-state index is 0. The second kappa shape index (κ2) is 9.50. The molecule has 1 amide bonds. The molecule has 1 aromatic carbocycles. The summed E-state index contributed by atoms with van der Waals surface area (Å²) in [6.07, 6.45) is 0. The van der Waals surface area contributed by atoms with Gasteiger partial charge in [-0.05, 0) is 12.1 Å². The standard InChI is InChI=1S/C15H23N3O3.ClH/c1-20-13-5-3-4-12(14(13)21-2)15(19)17-8-11-18-9-6-16-7-10-18;/h3-5,16H,6-11H2,1-2H3,(H,17,19);1H. The predicted octanol–water partition coefficient (Wildman–Crippen LogP) is 0.761. The van der Waals surface area contributed by atoms with Crippen LogP contribution in [0.3, 0.4) is 0 Å². The van der Waals surface area contributed by atoms with Gasteiger partial charge in [-0.2, -0.15) is 0 Å². The van der Waals surface area contributed by atoms with Crippen LogP contribution >= 0.6 is 12.4 Å². The van der Waals surface area contributed by atoms with Gasteiger partial charge in [-0.15, -0.1) is 12.4 Å². The molecule has 0 aromatic heterocycles. The summed E-state index contributed by atoms with van der Waals surface area (Å²) in [6, 6.07) is 5.30. The van der Waals surface area contributed by atoms with Crippen molar-refractivity contribution < 1.29 is 14.3 Å². The zero-order chi connectivity index (χ0) is 15.1. The quantitative estimate of drug-likeness (QED) is 0.807. The fourth-order valence-corrected chi connectivity index (χ4v) is 2.42. The average molecular weight is 330 g/mol. The van der Waals surface area contributed by atoms with Gasteiger partial charge in [-0.25, -0.2) is 0 Å². The summed E-state index contributed by atoms with van der Waals surface area (Å²) >= 11 is 0. The minimum Gasteiger partial charge on any atom is -0.493 e. The first-order chi connectivity index (χ1) is 10.3. The number of halogens is 1. The smallest absolute Gasteiger partial charge is 0.255 e. The van der Waals surface area contributed by atoms with Crippen LogP contribution < -0.4 is 20.1 Å². The van der Waals surface area contributed by atoms with E-state index in [9.17, 15) is 4.79 Å². The molecule has 1 aliphatic rings. The lowest BCUT2D eigenvalue weighted by Gasteiger charge is -2.27. The van der Waals surface area contributed by atoms with Gasteiger partial charge < -0.3 is 20.1 Å². The summed E-state index contributed by atoms with van der Waals surface area (Å²) in [6.45, 7) is 5.56. The van der Waals surface area contributed by atoms with E-state index >= 15 is 0 Å². The minimum atomic E-state index is -0.138. The third kappa shape index (κ3) is 4.76. The lowest BCUT2D eigenvalue weighted by Crippen LogP contribution is -2.46. The second-order valence-corrected chi connectivity index (χ2v) is 4.89. The first-order valence-electron chi connectivity index (χ1n) is 7.18. The molecule has 0 radical (unpaired) electrons. The van der Waals surface area contributed by atoms with Crippen molar-refractivity contribution >= 4 is 18.3 Å². The first kappa shape index (κ1) is 18.5. The highest BCUT2D eigenvalue weighted by Crippen LogP contribution is 2.30. The van der Waals surface area contributed by atoms with Crippen LogP contribution in [0.15, 0.2) is 18.2 Å². The summed E-state index contributed by atoms with van der Waals surface area (Å²) in [7, 11) is 3.10. The third-order valence-corrected chi connectivity index (χ3v) is 3.57. The van der Waals surface area contributed by atoms with E-state index in [4.69, 9.17) is 9.47 Å². The van der Waals surface area contributed by atoms with Gasteiger partial charge >= 0.3 is 0 Å². The van der Waals surface area contributed by atoms with Crippen molar-refractivity contribution in [3.63, 3.8) is 0 Å². The molecular formula is C15H24ClN3O3. The Morgan fingerprint density at radius 2 is 2.00 bits per heavy atom. The van der Waals surface area contributed by atoms with Gasteiger partial charge in [0.25, 0.3) is 5.91 Å². The van der Waals surface area contributed by atoms with E-state index in [0.717, 1.165) is 32.7 Å². The SMILES string of the molecule is COc1cccc(C(=O)NCCN2CCNCC2)c1OC.Cl. The molecule has 1 heterocycles. The molecule has 124 valence electrons. The van der Waals surface area contributed by atoms with E-state index in [-0.39, 0.29) is 18.3 Å². The largest absolute Gasteiger partial charge is 0.493 e. The lowest BCUT2D eigenvalue weighted by molar-refractivity contribution is 0.0943. The molecule has 0 bridgehead atoms. The monoisotopic (exact) mass is 329 g/mol. The van der Waals surface area contributed by atoms with Crippen molar-refractivity contribution in [3.05, 3.63) is 23.8 Å². The molecular weight excluding hydrogens is 306 g/mol. The number of hydrogen-bond donors (Lipinski definition) is 2. The Morgan fingerprint density at radius 1 is 1.27 bits per heavy atom. The summed E-state index contributed by atoms with van der Waals surface area (Å²) in [5.74, 6) is 0.896. The molecule has 7 heteroatoms. The predicted molar refractivity (Wildman–Crippen MR) is 88.4 cm³/mol. The van der Waals surface area contributed by atoms with Gasteiger partial charge in [0.05, 0.1) is 19.8 Å². The normalized spacial score (nSPS) is 14.8. The molecule has 1 aliphatic heterocycles. The topological polar surface area (TPSA) is 62.8 Å². The summed E-state index contributed by atoms with van der Waals surface area (Å²) in [4.78, 5) is 14.6. The fourth-order valence-electron chi connectivity index (χ4n) is 2.42. The van der Waals surface area contributed by atoms with Gasteiger partial charge in [0.2, 0.25) is 0 Å². The Kier molecular flexibility index (Phi) is 8.01. The molecule has 0 unspecified atom stereocenters. The van der Waals surface area contributed by atoms with E-state index < -0.39 is 0 Å². The van der Waals surface area contributed by atoms with E-state index in [1.165, 1.54) is 7.11 Å². The van der Waals surface area contributed by atoms with E-state index in [1.54, 1.807) is 25.3 Å². The Balaban J connectivity index is 0.00000242. The molecule has 0 atom stereocenters. The number of rotatable bonds is 6. The zero-order valence-electron chi connectivity index (χ0n) is 13.1. The number of carbonyl (C=O) groups excluding carboxylic acids is 1. The highest BCUT2D eigenvalue weighted by atomic mass is 35.5.